The van der Waals surface area contributed by atoms with Crippen LogP contribution in [0.1, 0.15) is 46.5 Å². The molecule has 1 saturated carbocycles. The van der Waals surface area contributed by atoms with Gasteiger partial charge in [-0.2, -0.15) is 0 Å². The summed E-state index contributed by atoms with van der Waals surface area (Å²) < 4.78 is 20.9. The second kappa shape index (κ2) is 5.21. The Morgan fingerprint density at radius 3 is 2.53 bits per heavy atom. The van der Waals surface area contributed by atoms with E-state index in [0.29, 0.717) is 5.92 Å². The van der Waals surface area contributed by atoms with Crippen molar-refractivity contribution in [1.29, 1.82) is 0 Å². The largest absolute Gasteiger partial charge is 0.598 e. The molecule has 1 N–H and O–H groups in total. The zero-order valence-corrected chi connectivity index (χ0v) is 11.8. The van der Waals surface area contributed by atoms with Gasteiger partial charge in [0.25, 0.3) is 0 Å². The molecular weight excluding hydrogens is 234 g/mol. The van der Waals surface area contributed by atoms with E-state index in [-0.39, 0.29) is 16.9 Å². The van der Waals surface area contributed by atoms with Gasteiger partial charge in [-0.1, -0.05) is 0 Å². The highest BCUT2D eigenvalue weighted by molar-refractivity contribution is 7.90. The third kappa shape index (κ3) is 3.63. The molecule has 2 unspecified atom stereocenters. The molecule has 0 amide bonds. The lowest BCUT2D eigenvalue weighted by molar-refractivity contribution is 0.0858. The Kier molecular flexibility index (Phi) is 4.06. The van der Waals surface area contributed by atoms with E-state index in [9.17, 15) is 4.55 Å². The fourth-order valence-electron chi connectivity index (χ4n) is 2.05. The fourth-order valence-corrected chi connectivity index (χ4v) is 2.99. The lowest BCUT2D eigenvalue weighted by Gasteiger charge is -2.32. The number of hydrogen-bond donors (Lipinski definition) is 1. The van der Waals surface area contributed by atoms with E-state index < -0.39 is 11.4 Å². The Hall–Kier alpha value is -0.190. The van der Waals surface area contributed by atoms with Crippen molar-refractivity contribution in [2.75, 3.05) is 0 Å². The van der Waals surface area contributed by atoms with Crippen molar-refractivity contribution in [1.82, 2.24) is 4.72 Å². The van der Waals surface area contributed by atoms with Gasteiger partial charge in [0, 0.05) is 11.4 Å². The molecule has 1 aliphatic carbocycles. The number of hydrogen-bond acceptors (Lipinski definition) is 3. The Labute approximate surface area is 107 Å². The second-order valence-corrected chi connectivity index (χ2v) is 7.98. The molecule has 0 spiro atoms. The van der Waals surface area contributed by atoms with Crippen molar-refractivity contribution in [3.05, 3.63) is 12.3 Å². The summed E-state index contributed by atoms with van der Waals surface area (Å²) in [7, 11) is 0. The predicted octanol–water partition coefficient (Wildman–Crippen LogP) is 2.51. The molecule has 17 heavy (non-hydrogen) atoms. The van der Waals surface area contributed by atoms with Crippen molar-refractivity contribution < 1.29 is 9.29 Å². The highest BCUT2D eigenvalue weighted by atomic mass is 32.2. The lowest BCUT2D eigenvalue weighted by Crippen LogP contribution is -2.51. The van der Waals surface area contributed by atoms with Crippen LogP contribution in [0.2, 0.25) is 0 Å². The molecule has 0 bridgehead atoms. The molecular formula is C13H23NO2S. The van der Waals surface area contributed by atoms with E-state index in [1.165, 1.54) is 12.8 Å². The first-order valence-corrected chi connectivity index (χ1v) is 7.62. The first kappa shape index (κ1) is 13.2. The summed E-state index contributed by atoms with van der Waals surface area (Å²) in [5.41, 5.74) is 0. The van der Waals surface area contributed by atoms with E-state index in [0.717, 1.165) is 12.8 Å². The third-order valence-corrected chi connectivity index (χ3v) is 4.90. The van der Waals surface area contributed by atoms with E-state index >= 15 is 0 Å². The van der Waals surface area contributed by atoms with Crippen LogP contribution >= 0.6 is 0 Å². The molecule has 0 saturated heterocycles. The van der Waals surface area contributed by atoms with Gasteiger partial charge in [0.2, 0.25) is 0 Å². The number of rotatable bonds is 4. The molecule has 2 aliphatic rings. The summed E-state index contributed by atoms with van der Waals surface area (Å²) in [4.78, 5) is 0. The van der Waals surface area contributed by atoms with Crippen molar-refractivity contribution in [3.63, 3.8) is 0 Å². The maximum atomic E-state index is 12.2. The second-order valence-electron chi connectivity index (χ2n) is 5.99. The Morgan fingerprint density at radius 1 is 1.35 bits per heavy atom. The minimum atomic E-state index is -1.00. The molecule has 3 atom stereocenters. The van der Waals surface area contributed by atoms with Crippen molar-refractivity contribution in [3.8, 4) is 0 Å². The summed E-state index contributed by atoms with van der Waals surface area (Å²) in [5.74, 6) is 0.651. The van der Waals surface area contributed by atoms with E-state index in [4.69, 9.17) is 4.74 Å². The molecule has 0 aromatic heterocycles. The summed E-state index contributed by atoms with van der Waals surface area (Å²) >= 11 is -1.00. The van der Waals surface area contributed by atoms with Gasteiger partial charge >= 0.3 is 0 Å². The monoisotopic (exact) mass is 257 g/mol. The molecule has 0 aromatic carbocycles. The number of nitrogens with one attached hydrogen (secondary N) is 1. The van der Waals surface area contributed by atoms with Gasteiger partial charge in [0.05, 0.1) is 12.3 Å². The zero-order chi connectivity index (χ0) is 12.5. The number of allylic oxidation sites excluding steroid dienone is 1. The van der Waals surface area contributed by atoms with E-state index in [1.54, 1.807) is 6.26 Å². The first-order valence-electron chi connectivity index (χ1n) is 6.47. The maximum absolute atomic E-state index is 12.2. The molecule has 3 nitrogen and oxygen atoms in total. The average molecular weight is 257 g/mol. The lowest BCUT2D eigenvalue weighted by atomic mass is 10.0. The van der Waals surface area contributed by atoms with E-state index in [1.807, 2.05) is 20.8 Å². The molecule has 2 rings (SSSR count). The highest BCUT2D eigenvalue weighted by Gasteiger charge is 2.42. The van der Waals surface area contributed by atoms with Crippen LogP contribution in [0.4, 0.5) is 0 Å². The summed E-state index contributed by atoms with van der Waals surface area (Å²) in [5, 5.41) is 0. The quantitative estimate of drug-likeness (QED) is 0.787. The average Bonchev–Trinajstić information content (AvgIpc) is 3.09. The van der Waals surface area contributed by atoms with Gasteiger partial charge < -0.3 is 9.29 Å². The zero-order valence-electron chi connectivity index (χ0n) is 10.9. The minimum Gasteiger partial charge on any atom is -0.598 e. The summed E-state index contributed by atoms with van der Waals surface area (Å²) in [6.07, 6.45) is 8.63. The Morgan fingerprint density at radius 2 is 2.06 bits per heavy atom. The van der Waals surface area contributed by atoms with Gasteiger partial charge in [-0.05, 0) is 58.4 Å². The molecule has 1 fully saturated rings. The molecule has 1 aliphatic heterocycles. The summed E-state index contributed by atoms with van der Waals surface area (Å²) in [6, 6.07) is 0.250. The van der Waals surface area contributed by atoms with Gasteiger partial charge in [-0.3, -0.25) is 0 Å². The maximum Gasteiger partial charge on any atom is 0.136 e. The van der Waals surface area contributed by atoms with Crippen molar-refractivity contribution >= 4 is 11.4 Å². The normalized spacial score (nSPS) is 28.6. The predicted molar refractivity (Wildman–Crippen MR) is 70.8 cm³/mol. The number of ether oxygens (including phenoxy) is 1. The van der Waals surface area contributed by atoms with Crippen LogP contribution in [0.5, 0.6) is 0 Å². The molecule has 0 radical (unpaired) electrons. The van der Waals surface area contributed by atoms with Crippen molar-refractivity contribution in [2.24, 2.45) is 5.92 Å². The molecule has 98 valence electrons. The minimum absolute atomic E-state index is 0.193. The smallest absolute Gasteiger partial charge is 0.136 e. The standard InChI is InChI=1S/C13H23NO2S/c1-13(2,3)17(15)14-12(10-7-8-10)11-6-4-5-9-16-11/h5,9-12,14H,4,6-8H2,1-3H3/t11?,12?,17-/m1/s1. The van der Waals surface area contributed by atoms with Crippen LogP contribution in [-0.4, -0.2) is 21.4 Å². The Bertz CT molecular complexity index is 284. The van der Waals surface area contributed by atoms with Gasteiger partial charge in [-0.15, -0.1) is 4.72 Å². The molecule has 1 heterocycles. The van der Waals surface area contributed by atoms with Gasteiger partial charge in [0.15, 0.2) is 0 Å². The molecule has 0 aromatic rings. The Balaban J connectivity index is 1.95. The van der Waals surface area contributed by atoms with Crippen LogP contribution in [0.3, 0.4) is 0 Å². The SMILES string of the molecule is CC(C)(C)[S@@+]([O-])NC(C1CC1)C1CCC=CO1. The van der Waals surface area contributed by atoms with Crippen LogP contribution in [0.25, 0.3) is 0 Å². The van der Waals surface area contributed by atoms with E-state index in [2.05, 4.69) is 10.8 Å². The van der Waals surface area contributed by atoms with Crippen LogP contribution in [0, 0.1) is 5.92 Å². The first-order chi connectivity index (χ1) is 7.98. The third-order valence-electron chi connectivity index (χ3n) is 3.30. The fraction of sp³-hybridized carbons (Fsp3) is 0.846. The van der Waals surface area contributed by atoms with Gasteiger partial charge in [-0.25, -0.2) is 0 Å². The van der Waals surface area contributed by atoms with Crippen LogP contribution in [0.15, 0.2) is 12.3 Å². The topological polar surface area (TPSA) is 44.3 Å². The summed E-state index contributed by atoms with van der Waals surface area (Å²) in [6.45, 7) is 6.01. The van der Waals surface area contributed by atoms with Crippen molar-refractivity contribution in [2.45, 2.75) is 63.3 Å². The van der Waals surface area contributed by atoms with Gasteiger partial charge in [0.1, 0.15) is 10.9 Å². The molecule has 4 heteroatoms. The van der Waals surface area contributed by atoms with Crippen LogP contribution < -0.4 is 4.72 Å². The van der Waals surface area contributed by atoms with Crippen LogP contribution in [-0.2, 0) is 16.1 Å². The highest BCUT2D eigenvalue weighted by Crippen LogP contribution is 2.37.